The van der Waals surface area contributed by atoms with E-state index in [1.807, 2.05) is 25.1 Å². The highest BCUT2D eigenvalue weighted by Crippen LogP contribution is 2.19. The number of pyridine rings is 2. The van der Waals surface area contributed by atoms with Crippen molar-refractivity contribution in [3.05, 3.63) is 47.6 Å². The molecule has 6 nitrogen and oxygen atoms in total. The van der Waals surface area contributed by atoms with Crippen LogP contribution in [0.3, 0.4) is 0 Å². The molecule has 3 aromatic heterocycles. The Balaban J connectivity index is 1.84. The molecular weight excluding hydrogens is 268 g/mol. The van der Waals surface area contributed by atoms with E-state index in [2.05, 4.69) is 20.4 Å². The van der Waals surface area contributed by atoms with Gasteiger partial charge in [0.15, 0.2) is 5.82 Å². The summed E-state index contributed by atoms with van der Waals surface area (Å²) in [5, 5.41) is 7.57. The van der Waals surface area contributed by atoms with Gasteiger partial charge in [-0.25, -0.2) is 4.98 Å². The van der Waals surface area contributed by atoms with E-state index in [1.165, 1.54) is 0 Å². The average molecular weight is 282 g/mol. The quantitative estimate of drug-likeness (QED) is 0.797. The first-order chi connectivity index (χ1) is 10.1. The molecule has 3 rings (SSSR count). The molecule has 1 amide bonds. The van der Waals surface area contributed by atoms with Crippen LogP contribution in [0, 0.1) is 13.8 Å². The Kier molecular flexibility index (Phi) is 3.35. The highest BCUT2D eigenvalue weighted by atomic mass is 16.5. The largest absolute Gasteiger partial charge is 0.361 e. The Morgan fingerprint density at radius 2 is 2.10 bits per heavy atom. The molecule has 0 unspecified atom stereocenters. The Morgan fingerprint density at radius 3 is 2.86 bits per heavy atom. The van der Waals surface area contributed by atoms with Gasteiger partial charge in [0.05, 0.1) is 12.1 Å². The first-order valence-electron chi connectivity index (χ1n) is 6.56. The summed E-state index contributed by atoms with van der Waals surface area (Å²) >= 11 is 0. The molecule has 0 atom stereocenters. The highest BCUT2D eigenvalue weighted by Gasteiger charge is 2.15. The number of hydrogen-bond acceptors (Lipinski definition) is 5. The predicted octanol–water partition coefficient (Wildman–Crippen LogP) is 2.42. The number of hydrogen-bond donors (Lipinski definition) is 1. The Morgan fingerprint density at radius 1 is 1.24 bits per heavy atom. The number of anilines is 1. The number of nitrogens with zero attached hydrogens (tertiary/aromatic N) is 3. The van der Waals surface area contributed by atoms with Crippen molar-refractivity contribution in [2.45, 2.75) is 20.3 Å². The molecule has 0 radical (unpaired) electrons. The van der Waals surface area contributed by atoms with Crippen LogP contribution >= 0.6 is 0 Å². The minimum absolute atomic E-state index is 0.171. The van der Waals surface area contributed by atoms with Crippen LogP contribution in [-0.2, 0) is 11.2 Å². The summed E-state index contributed by atoms with van der Waals surface area (Å²) in [4.78, 5) is 20.6. The maximum atomic E-state index is 12.2. The van der Waals surface area contributed by atoms with Gasteiger partial charge < -0.3 is 9.84 Å². The zero-order valence-electron chi connectivity index (χ0n) is 11.8. The third-order valence-electron chi connectivity index (χ3n) is 3.30. The normalized spacial score (nSPS) is 10.8. The van der Waals surface area contributed by atoms with Crippen molar-refractivity contribution in [1.82, 2.24) is 15.1 Å². The van der Waals surface area contributed by atoms with E-state index in [9.17, 15) is 4.79 Å². The van der Waals surface area contributed by atoms with E-state index in [0.29, 0.717) is 17.1 Å². The van der Waals surface area contributed by atoms with Gasteiger partial charge in [-0.2, -0.15) is 0 Å². The number of nitrogens with one attached hydrogen (secondary N) is 1. The minimum Gasteiger partial charge on any atom is -0.361 e. The van der Waals surface area contributed by atoms with Gasteiger partial charge in [-0.1, -0.05) is 11.2 Å². The molecule has 1 N–H and O–H groups in total. The summed E-state index contributed by atoms with van der Waals surface area (Å²) in [6.07, 6.45) is 3.52. The number of fused-ring (bicyclic) bond motifs is 1. The fourth-order valence-corrected chi connectivity index (χ4v) is 2.19. The smallest absolute Gasteiger partial charge is 0.230 e. The SMILES string of the molecule is Cc1noc(C)c1CC(=O)Nc1nccc2cccnc12. The zero-order chi connectivity index (χ0) is 14.8. The summed E-state index contributed by atoms with van der Waals surface area (Å²) in [6.45, 7) is 3.61. The van der Waals surface area contributed by atoms with Crippen LogP contribution in [0.25, 0.3) is 10.9 Å². The monoisotopic (exact) mass is 282 g/mol. The maximum Gasteiger partial charge on any atom is 0.230 e. The van der Waals surface area contributed by atoms with Crippen LogP contribution in [0.15, 0.2) is 35.1 Å². The van der Waals surface area contributed by atoms with Crippen molar-refractivity contribution in [2.75, 3.05) is 5.32 Å². The van der Waals surface area contributed by atoms with Gasteiger partial charge in [-0.15, -0.1) is 0 Å². The number of carbonyl (C=O) groups is 1. The summed E-state index contributed by atoms with van der Waals surface area (Å²) in [5.74, 6) is 0.951. The Hall–Kier alpha value is -2.76. The number of rotatable bonds is 3. The van der Waals surface area contributed by atoms with Crippen LogP contribution in [0.4, 0.5) is 5.82 Å². The van der Waals surface area contributed by atoms with Gasteiger partial charge in [0.1, 0.15) is 11.3 Å². The van der Waals surface area contributed by atoms with Gasteiger partial charge >= 0.3 is 0 Å². The molecule has 0 saturated heterocycles. The summed E-state index contributed by atoms with van der Waals surface area (Å²) in [7, 11) is 0. The molecule has 0 aromatic carbocycles. The molecule has 0 saturated carbocycles. The van der Waals surface area contributed by atoms with Crippen molar-refractivity contribution < 1.29 is 9.32 Å². The van der Waals surface area contributed by atoms with E-state index >= 15 is 0 Å². The van der Waals surface area contributed by atoms with Crippen LogP contribution in [-0.4, -0.2) is 21.0 Å². The van der Waals surface area contributed by atoms with E-state index in [-0.39, 0.29) is 12.3 Å². The van der Waals surface area contributed by atoms with E-state index < -0.39 is 0 Å². The van der Waals surface area contributed by atoms with Crippen molar-refractivity contribution in [1.29, 1.82) is 0 Å². The first-order valence-corrected chi connectivity index (χ1v) is 6.56. The van der Waals surface area contributed by atoms with Gasteiger partial charge in [-0.3, -0.25) is 9.78 Å². The standard InChI is InChI=1S/C15H14N4O2/c1-9-12(10(2)21-19-9)8-13(20)18-15-14-11(5-7-17-15)4-3-6-16-14/h3-7H,8H2,1-2H3,(H,17,18,20). The molecular formula is C15H14N4O2. The lowest BCUT2D eigenvalue weighted by atomic mass is 10.1. The van der Waals surface area contributed by atoms with Crippen molar-refractivity contribution in [2.24, 2.45) is 0 Å². The minimum atomic E-state index is -0.171. The van der Waals surface area contributed by atoms with Crippen LogP contribution in [0.2, 0.25) is 0 Å². The van der Waals surface area contributed by atoms with E-state index in [4.69, 9.17) is 4.52 Å². The first kappa shape index (κ1) is 13.2. The molecule has 0 fully saturated rings. The van der Waals surface area contributed by atoms with Crippen molar-refractivity contribution in [3.8, 4) is 0 Å². The second-order valence-corrected chi connectivity index (χ2v) is 4.76. The molecule has 21 heavy (non-hydrogen) atoms. The summed E-state index contributed by atoms with van der Waals surface area (Å²) in [5.41, 5.74) is 2.21. The van der Waals surface area contributed by atoms with Crippen LogP contribution < -0.4 is 5.32 Å². The molecule has 0 bridgehead atoms. The van der Waals surface area contributed by atoms with E-state index in [0.717, 1.165) is 16.6 Å². The molecule has 106 valence electrons. The molecule has 0 aliphatic heterocycles. The average Bonchev–Trinajstić information content (AvgIpc) is 2.79. The number of aryl methyl sites for hydroxylation is 2. The number of aromatic nitrogens is 3. The van der Waals surface area contributed by atoms with Crippen molar-refractivity contribution >= 4 is 22.6 Å². The lowest BCUT2D eigenvalue weighted by Crippen LogP contribution is -2.16. The molecule has 6 heteroatoms. The molecule has 3 heterocycles. The third-order valence-corrected chi connectivity index (χ3v) is 3.30. The number of carbonyl (C=O) groups excluding carboxylic acids is 1. The maximum absolute atomic E-state index is 12.2. The lowest BCUT2D eigenvalue weighted by Gasteiger charge is -2.06. The second kappa shape index (κ2) is 5.32. The fourth-order valence-electron chi connectivity index (χ4n) is 2.19. The van der Waals surface area contributed by atoms with Gasteiger partial charge in [0, 0.05) is 23.3 Å². The summed E-state index contributed by atoms with van der Waals surface area (Å²) < 4.78 is 5.06. The Bertz CT molecular complexity index is 786. The highest BCUT2D eigenvalue weighted by molar-refractivity contribution is 5.99. The van der Waals surface area contributed by atoms with Gasteiger partial charge in [0.2, 0.25) is 5.91 Å². The summed E-state index contributed by atoms with van der Waals surface area (Å²) in [6, 6.07) is 5.62. The fraction of sp³-hybridized carbons (Fsp3) is 0.200. The molecule has 0 spiro atoms. The van der Waals surface area contributed by atoms with E-state index in [1.54, 1.807) is 19.3 Å². The molecule has 0 aliphatic carbocycles. The topological polar surface area (TPSA) is 80.9 Å². The lowest BCUT2D eigenvalue weighted by molar-refractivity contribution is -0.115. The van der Waals surface area contributed by atoms with Gasteiger partial charge in [-0.05, 0) is 26.0 Å². The molecule has 3 aromatic rings. The third kappa shape index (κ3) is 2.60. The number of amides is 1. The predicted molar refractivity (Wildman–Crippen MR) is 77.8 cm³/mol. The Labute approximate surface area is 121 Å². The zero-order valence-corrected chi connectivity index (χ0v) is 11.8. The molecule has 0 aliphatic rings. The van der Waals surface area contributed by atoms with Crippen LogP contribution in [0.5, 0.6) is 0 Å². The van der Waals surface area contributed by atoms with Gasteiger partial charge in [0.25, 0.3) is 0 Å². The van der Waals surface area contributed by atoms with Crippen LogP contribution in [0.1, 0.15) is 17.0 Å². The second-order valence-electron chi connectivity index (χ2n) is 4.76. The van der Waals surface area contributed by atoms with Crippen molar-refractivity contribution in [3.63, 3.8) is 0 Å².